The molecule has 0 radical (unpaired) electrons. The van der Waals surface area contributed by atoms with Crippen LogP contribution in [0.3, 0.4) is 0 Å². The largest absolute Gasteiger partial charge is 0.492 e. The minimum Gasteiger partial charge on any atom is -0.492 e. The number of carbonyl (C=O) groups is 1. The lowest BCUT2D eigenvalue weighted by Crippen LogP contribution is -2.49. The van der Waals surface area contributed by atoms with E-state index < -0.39 is 5.60 Å². The van der Waals surface area contributed by atoms with Crippen molar-refractivity contribution in [1.29, 1.82) is 0 Å². The van der Waals surface area contributed by atoms with Gasteiger partial charge in [-0.15, -0.1) is 0 Å². The Morgan fingerprint density at radius 2 is 1.88 bits per heavy atom. The molecule has 2 rings (SSSR count). The Bertz CT molecular complexity index is 564. The third-order valence-corrected chi connectivity index (χ3v) is 4.38. The number of amides is 1. The fourth-order valence-electron chi connectivity index (χ4n) is 2.64. The van der Waals surface area contributed by atoms with Crippen LogP contribution in [0.4, 0.5) is 4.79 Å². The van der Waals surface area contributed by atoms with E-state index in [-0.39, 0.29) is 6.09 Å². The lowest BCUT2D eigenvalue weighted by atomic mass is 10.1. The zero-order valence-corrected chi connectivity index (χ0v) is 16.6. The second-order valence-corrected chi connectivity index (χ2v) is 7.76. The normalized spacial score (nSPS) is 16.1. The molecule has 1 saturated heterocycles. The number of para-hydroxylation sites is 1. The van der Waals surface area contributed by atoms with E-state index in [2.05, 4.69) is 26.9 Å². The van der Waals surface area contributed by atoms with Crippen LogP contribution in [0.15, 0.2) is 22.7 Å². The highest BCUT2D eigenvalue weighted by Crippen LogP contribution is 2.30. The standard InChI is InChI=1S/C18H27BrN2O3/c1-5-23-16-14(7-6-8-15(16)19)13-20-9-11-21(12-10-20)17(22)24-18(2,3)4/h6-8H,5,9-13H2,1-4H3. The van der Waals surface area contributed by atoms with E-state index in [1.807, 2.05) is 39.8 Å². The van der Waals surface area contributed by atoms with Crippen molar-refractivity contribution in [1.82, 2.24) is 9.80 Å². The quantitative estimate of drug-likeness (QED) is 0.770. The number of nitrogens with zero attached hydrogens (tertiary/aromatic N) is 2. The van der Waals surface area contributed by atoms with Crippen LogP contribution < -0.4 is 4.74 Å². The first-order valence-electron chi connectivity index (χ1n) is 8.40. The molecule has 0 aromatic heterocycles. The van der Waals surface area contributed by atoms with Gasteiger partial charge in [0.15, 0.2) is 0 Å². The van der Waals surface area contributed by atoms with Crippen LogP contribution >= 0.6 is 15.9 Å². The summed E-state index contributed by atoms with van der Waals surface area (Å²) in [5, 5.41) is 0. The molecule has 134 valence electrons. The number of hydrogen-bond donors (Lipinski definition) is 0. The van der Waals surface area contributed by atoms with E-state index in [1.54, 1.807) is 4.90 Å². The highest BCUT2D eigenvalue weighted by Gasteiger charge is 2.26. The van der Waals surface area contributed by atoms with Gasteiger partial charge in [-0.25, -0.2) is 4.79 Å². The van der Waals surface area contributed by atoms with Gasteiger partial charge in [-0.1, -0.05) is 12.1 Å². The second kappa shape index (κ2) is 8.21. The highest BCUT2D eigenvalue weighted by atomic mass is 79.9. The number of ether oxygens (including phenoxy) is 2. The summed E-state index contributed by atoms with van der Waals surface area (Å²) in [4.78, 5) is 16.2. The molecule has 0 N–H and O–H groups in total. The lowest BCUT2D eigenvalue weighted by Gasteiger charge is -2.35. The fraction of sp³-hybridized carbons (Fsp3) is 0.611. The van der Waals surface area contributed by atoms with Gasteiger partial charge in [-0.2, -0.15) is 0 Å². The first-order valence-corrected chi connectivity index (χ1v) is 9.20. The van der Waals surface area contributed by atoms with Crippen LogP contribution in [0.1, 0.15) is 33.3 Å². The maximum Gasteiger partial charge on any atom is 0.410 e. The molecule has 1 fully saturated rings. The van der Waals surface area contributed by atoms with Crippen LogP contribution in [0.25, 0.3) is 0 Å². The van der Waals surface area contributed by atoms with Crippen LogP contribution in [0, 0.1) is 0 Å². The molecule has 1 aromatic rings. The fourth-order valence-corrected chi connectivity index (χ4v) is 3.16. The Morgan fingerprint density at radius 1 is 1.21 bits per heavy atom. The van der Waals surface area contributed by atoms with E-state index in [4.69, 9.17) is 9.47 Å². The minimum absolute atomic E-state index is 0.223. The van der Waals surface area contributed by atoms with Gasteiger partial charge in [-0.3, -0.25) is 4.90 Å². The van der Waals surface area contributed by atoms with Gasteiger partial charge in [0, 0.05) is 38.3 Å². The Kier molecular flexibility index (Phi) is 6.52. The topological polar surface area (TPSA) is 42.0 Å². The summed E-state index contributed by atoms with van der Waals surface area (Å²) in [5.41, 5.74) is 0.716. The summed E-state index contributed by atoms with van der Waals surface area (Å²) in [6.07, 6.45) is -0.223. The van der Waals surface area contributed by atoms with Gasteiger partial charge < -0.3 is 14.4 Å². The second-order valence-electron chi connectivity index (χ2n) is 6.90. The smallest absolute Gasteiger partial charge is 0.410 e. The predicted molar refractivity (Wildman–Crippen MR) is 98.4 cm³/mol. The highest BCUT2D eigenvalue weighted by molar-refractivity contribution is 9.10. The molecule has 1 amide bonds. The van der Waals surface area contributed by atoms with Crippen LogP contribution in [-0.2, 0) is 11.3 Å². The molecule has 0 bridgehead atoms. The van der Waals surface area contributed by atoms with Crippen LogP contribution in [0.2, 0.25) is 0 Å². The van der Waals surface area contributed by atoms with Crippen LogP contribution in [-0.4, -0.2) is 54.3 Å². The maximum absolute atomic E-state index is 12.1. The maximum atomic E-state index is 12.1. The monoisotopic (exact) mass is 398 g/mol. The van der Waals surface area contributed by atoms with Crippen molar-refractivity contribution in [3.05, 3.63) is 28.2 Å². The Balaban J connectivity index is 1.92. The van der Waals surface area contributed by atoms with Crippen molar-refractivity contribution in [2.45, 2.75) is 39.8 Å². The summed E-state index contributed by atoms with van der Waals surface area (Å²) < 4.78 is 12.2. The summed E-state index contributed by atoms with van der Waals surface area (Å²) in [7, 11) is 0. The van der Waals surface area contributed by atoms with Gasteiger partial charge in [0.2, 0.25) is 0 Å². The molecule has 1 heterocycles. The molecule has 0 atom stereocenters. The first-order chi connectivity index (χ1) is 11.3. The van der Waals surface area contributed by atoms with Gasteiger partial charge in [0.05, 0.1) is 11.1 Å². The van der Waals surface area contributed by atoms with E-state index in [0.29, 0.717) is 19.7 Å². The molecule has 24 heavy (non-hydrogen) atoms. The molecule has 1 aliphatic heterocycles. The van der Waals surface area contributed by atoms with Crippen molar-refractivity contribution in [2.75, 3.05) is 32.8 Å². The van der Waals surface area contributed by atoms with E-state index in [1.165, 1.54) is 0 Å². The molecule has 0 unspecified atom stereocenters. The zero-order chi connectivity index (χ0) is 17.7. The SMILES string of the molecule is CCOc1c(Br)cccc1CN1CCN(C(=O)OC(C)(C)C)CC1. The van der Waals surface area contributed by atoms with Crippen molar-refractivity contribution in [2.24, 2.45) is 0 Å². The third kappa shape index (κ3) is 5.38. The summed E-state index contributed by atoms with van der Waals surface area (Å²) >= 11 is 3.56. The first kappa shape index (κ1) is 19.1. The van der Waals surface area contributed by atoms with Crippen molar-refractivity contribution >= 4 is 22.0 Å². The van der Waals surface area contributed by atoms with Gasteiger partial charge in [-0.05, 0) is 49.7 Å². The number of halogens is 1. The van der Waals surface area contributed by atoms with E-state index in [9.17, 15) is 4.79 Å². The molecule has 0 spiro atoms. The van der Waals surface area contributed by atoms with Crippen molar-refractivity contribution in [3.8, 4) is 5.75 Å². The third-order valence-electron chi connectivity index (χ3n) is 3.76. The van der Waals surface area contributed by atoms with Crippen molar-refractivity contribution < 1.29 is 14.3 Å². The average molecular weight is 399 g/mol. The Labute approximate surface area is 153 Å². The van der Waals surface area contributed by atoms with Gasteiger partial charge in [0.1, 0.15) is 11.4 Å². The van der Waals surface area contributed by atoms with Gasteiger partial charge >= 0.3 is 6.09 Å². The number of benzene rings is 1. The molecular formula is C18H27BrN2O3. The predicted octanol–water partition coefficient (Wildman–Crippen LogP) is 3.90. The Hall–Kier alpha value is -1.27. The zero-order valence-electron chi connectivity index (χ0n) is 15.0. The van der Waals surface area contributed by atoms with Crippen molar-refractivity contribution in [3.63, 3.8) is 0 Å². The average Bonchev–Trinajstić information content (AvgIpc) is 2.50. The summed E-state index contributed by atoms with van der Waals surface area (Å²) in [5.74, 6) is 0.912. The van der Waals surface area contributed by atoms with E-state index >= 15 is 0 Å². The molecular weight excluding hydrogens is 372 g/mol. The number of hydrogen-bond acceptors (Lipinski definition) is 4. The number of carbonyl (C=O) groups excluding carboxylic acids is 1. The number of piperazine rings is 1. The molecule has 0 saturated carbocycles. The Morgan fingerprint density at radius 3 is 2.46 bits per heavy atom. The van der Waals surface area contributed by atoms with Crippen LogP contribution in [0.5, 0.6) is 5.75 Å². The summed E-state index contributed by atoms with van der Waals surface area (Å²) in [6, 6.07) is 6.11. The molecule has 6 heteroatoms. The molecule has 5 nitrogen and oxygen atoms in total. The lowest BCUT2D eigenvalue weighted by molar-refractivity contribution is 0.0138. The molecule has 1 aromatic carbocycles. The van der Waals surface area contributed by atoms with E-state index in [0.717, 1.165) is 35.4 Å². The minimum atomic E-state index is -0.447. The number of rotatable bonds is 4. The molecule has 0 aliphatic carbocycles. The molecule has 1 aliphatic rings. The summed E-state index contributed by atoms with van der Waals surface area (Å²) in [6.45, 7) is 12.2. The van der Waals surface area contributed by atoms with Gasteiger partial charge in [0.25, 0.3) is 0 Å².